The number of benzene rings is 1. The lowest BCUT2D eigenvalue weighted by Crippen LogP contribution is -1.92. The van der Waals surface area contributed by atoms with Crippen LogP contribution in [0.3, 0.4) is 0 Å². The van der Waals surface area contributed by atoms with E-state index in [1.54, 1.807) is 6.07 Å². The number of hydrogen-bond acceptors (Lipinski definition) is 4. The minimum atomic E-state index is -4.67. The molecule has 80 valence electrons. The molecule has 14 heavy (non-hydrogen) atoms. The van der Waals surface area contributed by atoms with Gasteiger partial charge in [-0.05, 0) is 18.2 Å². The van der Waals surface area contributed by atoms with Crippen LogP contribution in [-0.4, -0.2) is 17.5 Å². The summed E-state index contributed by atoms with van der Waals surface area (Å²) in [5.74, 6) is -0.463. The number of nitrogen functional groups attached to an aromatic ring is 2. The lowest BCUT2D eigenvalue weighted by Gasteiger charge is -1.95. The predicted molar refractivity (Wildman–Crippen MR) is 49.4 cm³/mol. The predicted octanol–water partition coefficient (Wildman–Crippen LogP) is 0.337. The number of hydrogen-bond donors (Lipinski definition) is 4. The van der Waals surface area contributed by atoms with Crippen LogP contribution in [0.5, 0.6) is 0 Å². The minimum absolute atomic E-state index is 0.129. The lowest BCUT2D eigenvalue weighted by atomic mass is 10.3. The van der Waals surface area contributed by atoms with Crippen molar-refractivity contribution in [3.8, 4) is 0 Å². The molecule has 0 aliphatic rings. The van der Waals surface area contributed by atoms with Gasteiger partial charge >= 0.3 is 10.4 Å². The molecule has 1 aromatic rings. The maximum Gasteiger partial charge on any atom is 0.394 e. The Balaban J connectivity index is 0.000000292. The summed E-state index contributed by atoms with van der Waals surface area (Å²) in [6.45, 7) is 0. The van der Waals surface area contributed by atoms with Gasteiger partial charge in [0.2, 0.25) is 0 Å². The molecule has 0 fully saturated rings. The first kappa shape index (κ1) is 12.6. The van der Waals surface area contributed by atoms with Crippen LogP contribution in [0.2, 0.25) is 0 Å². The van der Waals surface area contributed by atoms with Gasteiger partial charge in [-0.1, -0.05) is 0 Å². The second kappa shape index (κ2) is 4.74. The van der Waals surface area contributed by atoms with Crippen molar-refractivity contribution in [2.45, 2.75) is 0 Å². The second-order valence-corrected chi connectivity index (χ2v) is 3.12. The van der Waals surface area contributed by atoms with Gasteiger partial charge in [-0.15, -0.1) is 0 Å². The van der Waals surface area contributed by atoms with Crippen molar-refractivity contribution >= 4 is 21.8 Å². The summed E-state index contributed by atoms with van der Waals surface area (Å²) < 4.78 is 44.0. The van der Waals surface area contributed by atoms with E-state index in [0.29, 0.717) is 5.69 Å². The molecule has 6 nitrogen and oxygen atoms in total. The Morgan fingerprint density at radius 3 is 1.93 bits per heavy atom. The van der Waals surface area contributed by atoms with Crippen molar-refractivity contribution in [1.29, 1.82) is 0 Å². The number of anilines is 2. The van der Waals surface area contributed by atoms with E-state index in [2.05, 4.69) is 0 Å². The van der Waals surface area contributed by atoms with Crippen molar-refractivity contribution in [2.75, 3.05) is 11.5 Å². The summed E-state index contributed by atoms with van der Waals surface area (Å²) in [7, 11) is -4.67. The van der Waals surface area contributed by atoms with E-state index in [1.807, 2.05) is 0 Å². The van der Waals surface area contributed by atoms with Gasteiger partial charge in [0.05, 0.1) is 5.69 Å². The van der Waals surface area contributed by atoms with Gasteiger partial charge in [-0.25, -0.2) is 4.39 Å². The molecule has 0 aromatic heterocycles. The summed E-state index contributed by atoms with van der Waals surface area (Å²) in [5, 5.41) is 0. The fraction of sp³-hybridized carbons (Fsp3) is 0. The fourth-order valence-electron chi connectivity index (χ4n) is 0.543. The molecule has 0 aliphatic carbocycles. The standard InChI is InChI=1S/C6H7FN2.H2O4S/c7-5-3-4(8)1-2-6(5)9;1-5(2,3)4/h1-3H,8-9H2;(H2,1,2,3,4). The van der Waals surface area contributed by atoms with Crippen LogP contribution in [0.1, 0.15) is 0 Å². The number of nitrogens with two attached hydrogens (primary N) is 2. The van der Waals surface area contributed by atoms with E-state index in [9.17, 15) is 4.39 Å². The number of halogens is 1. The van der Waals surface area contributed by atoms with Gasteiger partial charge in [0.25, 0.3) is 0 Å². The van der Waals surface area contributed by atoms with Crippen molar-refractivity contribution in [2.24, 2.45) is 0 Å². The topological polar surface area (TPSA) is 127 Å². The Labute approximate surface area is 79.9 Å². The highest BCUT2D eigenvalue weighted by molar-refractivity contribution is 7.79. The molecule has 0 amide bonds. The third-order valence-electron chi connectivity index (χ3n) is 1.02. The lowest BCUT2D eigenvalue weighted by molar-refractivity contribution is 0.381. The number of rotatable bonds is 0. The van der Waals surface area contributed by atoms with Crippen LogP contribution in [-0.2, 0) is 10.4 Å². The van der Waals surface area contributed by atoms with Crippen molar-refractivity contribution in [1.82, 2.24) is 0 Å². The highest BCUT2D eigenvalue weighted by Crippen LogP contribution is 2.12. The van der Waals surface area contributed by atoms with Crippen LogP contribution >= 0.6 is 0 Å². The van der Waals surface area contributed by atoms with Crippen molar-refractivity contribution in [3.63, 3.8) is 0 Å². The highest BCUT2D eigenvalue weighted by atomic mass is 32.3. The Bertz CT molecular complexity index is 398. The molecule has 0 saturated carbocycles. The average Bonchev–Trinajstić information content (AvgIpc) is 1.94. The van der Waals surface area contributed by atoms with Crippen LogP contribution in [0, 0.1) is 5.82 Å². The van der Waals surface area contributed by atoms with Crippen molar-refractivity contribution < 1.29 is 21.9 Å². The second-order valence-electron chi connectivity index (χ2n) is 2.23. The SMILES string of the molecule is Nc1ccc(N)c(F)c1.O=S(=O)(O)O. The van der Waals surface area contributed by atoms with Crippen molar-refractivity contribution in [3.05, 3.63) is 24.0 Å². The molecule has 0 aliphatic heterocycles. The third-order valence-corrected chi connectivity index (χ3v) is 1.02. The molecule has 0 heterocycles. The fourth-order valence-corrected chi connectivity index (χ4v) is 0.543. The molecular formula is C6H9FN2O4S. The zero-order chi connectivity index (χ0) is 11.4. The van der Waals surface area contributed by atoms with Gasteiger partial charge in [0.15, 0.2) is 0 Å². The zero-order valence-electron chi connectivity index (χ0n) is 6.88. The van der Waals surface area contributed by atoms with E-state index in [-0.39, 0.29) is 5.69 Å². The molecule has 1 aromatic carbocycles. The zero-order valence-corrected chi connectivity index (χ0v) is 7.70. The van der Waals surface area contributed by atoms with E-state index in [0.717, 1.165) is 0 Å². The maximum absolute atomic E-state index is 12.4. The monoisotopic (exact) mass is 224 g/mol. The van der Waals surface area contributed by atoms with Gasteiger partial charge in [-0.2, -0.15) is 8.42 Å². The van der Waals surface area contributed by atoms with E-state index in [4.69, 9.17) is 29.0 Å². The minimum Gasteiger partial charge on any atom is -0.399 e. The molecule has 8 heteroatoms. The van der Waals surface area contributed by atoms with Crippen LogP contribution in [0.25, 0.3) is 0 Å². The Morgan fingerprint density at radius 1 is 1.21 bits per heavy atom. The van der Waals surface area contributed by atoms with Crippen LogP contribution in [0.4, 0.5) is 15.8 Å². The van der Waals surface area contributed by atoms with Crippen LogP contribution < -0.4 is 11.5 Å². The molecule has 0 radical (unpaired) electrons. The summed E-state index contributed by atoms with van der Waals surface area (Å²) in [4.78, 5) is 0. The summed E-state index contributed by atoms with van der Waals surface area (Å²) in [6, 6.07) is 4.18. The highest BCUT2D eigenvalue weighted by Gasteiger charge is 1.94. The third kappa shape index (κ3) is 7.28. The van der Waals surface area contributed by atoms with Crippen LogP contribution in [0.15, 0.2) is 18.2 Å². The summed E-state index contributed by atoms with van der Waals surface area (Å²) in [6.07, 6.45) is 0. The maximum atomic E-state index is 12.4. The largest absolute Gasteiger partial charge is 0.399 e. The molecule has 6 N–H and O–H groups in total. The first-order valence-electron chi connectivity index (χ1n) is 3.20. The Morgan fingerprint density at radius 2 is 1.64 bits per heavy atom. The van der Waals surface area contributed by atoms with E-state index in [1.165, 1.54) is 12.1 Å². The molecule has 0 atom stereocenters. The molecule has 0 spiro atoms. The quantitative estimate of drug-likeness (QED) is 0.371. The first-order valence-corrected chi connectivity index (χ1v) is 4.60. The Hall–Kier alpha value is -1.38. The van der Waals surface area contributed by atoms with Gasteiger partial charge in [0.1, 0.15) is 5.82 Å². The van der Waals surface area contributed by atoms with E-state index < -0.39 is 16.2 Å². The van der Waals surface area contributed by atoms with Gasteiger partial charge in [-0.3, -0.25) is 9.11 Å². The normalized spacial score (nSPS) is 10.2. The summed E-state index contributed by atoms with van der Waals surface area (Å²) in [5.41, 5.74) is 10.9. The average molecular weight is 224 g/mol. The van der Waals surface area contributed by atoms with Gasteiger partial charge in [0, 0.05) is 5.69 Å². The molecule has 1 rings (SSSR count). The van der Waals surface area contributed by atoms with Gasteiger partial charge < -0.3 is 11.5 Å². The first-order chi connectivity index (χ1) is 6.20. The molecule has 0 bridgehead atoms. The Kier molecular flexibility index (Phi) is 4.28. The van der Waals surface area contributed by atoms with E-state index >= 15 is 0 Å². The molecule has 0 unspecified atom stereocenters. The molecule has 0 saturated heterocycles. The summed E-state index contributed by atoms with van der Waals surface area (Å²) >= 11 is 0. The molecular weight excluding hydrogens is 215 g/mol. The smallest absolute Gasteiger partial charge is 0.394 e.